The molecular formula is C13H19N3O3S. The van der Waals surface area contributed by atoms with Gasteiger partial charge in [-0.3, -0.25) is 14.3 Å². The van der Waals surface area contributed by atoms with Crippen LogP contribution in [0.25, 0.3) is 0 Å². The normalized spacial score (nSPS) is 33.5. The molecule has 1 saturated heterocycles. The van der Waals surface area contributed by atoms with E-state index in [1.807, 2.05) is 13.8 Å². The predicted octanol–water partition coefficient (Wildman–Crippen LogP) is 1.32. The fraction of sp³-hybridized carbons (Fsp3) is 0.692. The lowest BCUT2D eigenvalue weighted by atomic mass is 9.78. The van der Waals surface area contributed by atoms with Crippen LogP contribution in [0.4, 0.5) is 5.13 Å². The molecular weight excluding hydrogens is 278 g/mol. The monoisotopic (exact) mass is 297 g/mol. The fourth-order valence-corrected chi connectivity index (χ4v) is 4.07. The van der Waals surface area contributed by atoms with Crippen molar-refractivity contribution in [2.75, 3.05) is 20.3 Å². The Bertz CT molecular complexity index is 571. The van der Waals surface area contributed by atoms with E-state index in [1.165, 1.54) is 0 Å². The van der Waals surface area contributed by atoms with Gasteiger partial charge < -0.3 is 10.3 Å². The lowest BCUT2D eigenvalue weighted by Crippen LogP contribution is -2.48. The van der Waals surface area contributed by atoms with E-state index < -0.39 is 10.9 Å². The Balaban J connectivity index is 2.00. The summed E-state index contributed by atoms with van der Waals surface area (Å²) < 4.78 is -0.859. The number of rotatable bonds is 1. The summed E-state index contributed by atoms with van der Waals surface area (Å²) >= 11 is 1.16. The van der Waals surface area contributed by atoms with Crippen molar-refractivity contribution in [1.82, 2.24) is 14.5 Å². The number of aliphatic hydroxyl groups excluding tert-OH is 1. The highest BCUT2D eigenvalue weighted by Gasteiger charge is 2.43. The molecule has 1 fully saturated rings. The number of likely N-dealkylation sites (N-methyl/N-ethyl adjacent to an activating group) is 1. The minimum absolute atomic E-state index is 0.0636. The number of hydrogen-bond acceptors (Lipinski definition) is 6. The summed E-state index contributed by atoms with van der Waals surface area (Å²) in [6.45, 7) is 4.57. The SMILES string of the molecule is CN1CC(O)[N+]([O-])(c2nc3c(s2)C(=O)CC(C)(C)C3)C1. The minimum Gasteiger partial charge on any atom is -0.623 e. The Labute approximate surface area is 121 Å². The van der Waals surface area contributed by atoms with Crippen LogP contribution in [0.1, 0.15) is 35.6 Å². The molecule has 7 heteroatoms. The molecule has 1 aromatic heterocycles. The number of hydroxylamine groups is 2. The van der Waals surface area contributed by atoms with Crippen molar-refractivity contribution in [2.24, 2.45) is 5.41 Å². The van der Waals surface area contributed by atoms with Crippen molar-refractivity contribution in [3.8, 4) is 0 Å². The molecule has 0 spiro atoms. The summed E-state index contributed by atoms with van der Waals surface area (Å²) in [5, 5.41) is 23.1. The van der Waals surface area contributed by atoms with Gasteiger partial charge in [0.2, 0.25) is 6.23 Å². The second kappa shape index (κ2) is 4.32. The molecule has 110 valence electrons. The third kappa shape index (κ3) is 2.10. The number of hydrogen-bond donors (Lipinski definition) is 1. The summed E-state index contributed by atoms with van der Waals surface area (Å²) in [5.74, 6) is 0.0636. The topological polar surface area (TPSA) is 76.5 Å². The highest BCUT2D eigenvalue weighted by molar-refractivity contribution is 7.17. The number of Topliss-reactive ketones (excluding diaryl/α,β-unsaturated/α-hetero) is 1. The van der Waals surface area contributed by atoms with E-state index in [-0.39, 0.29) is 17.9 Å². The summed E-state index contributed by atoms with van der Waals surface area (Å²) in [4.78, 5) is 19.0. The van der Waals surface area contributed by atoms with Crippen LogP contribution in [0.15, 0.2) is 0 Å². The van der Waals surface area contributed by atoms with Crippen molar-refractivity contribution < 1.29 is 9.90 Å². The second-order valence-corrected chi connectivity index (χ2v) is 7.65. The second-order valence-electron chi connectivity index (χ2n) is 6.67. The van der Waals surface area contributed by atoms with Gasteiger partial charge >= 0.3 is 0 Å². The number of carbonyl (C=O) groups is 1. The van der Waals surface area contributed by atoms with E-state index in [0.29, 0.717) is 29.4 Å². The van der Waals surface area contributed by atoms with Crippen LogP contribution in [0.5, 0.6) is 0 Å². The van der Waals surface area contributed by atoms with E-state index in [2.05, 4.69) is 4.98 Å². The maximum Gasteiger partial charge on any atom is 0.290 e. The zero-order chi connectivity index (χ0) is 14.7. The number of thiazole rings is 1. The average molecular weight is 297 g/mol. The Hall–Kier alpha value is -0.860. The van der Waals surface area contributed by atoms with Gasteiger partial charge in [0.25, 0.3) is 5.13 Å². The first-order valence-electron chi connectivity index (χ1n) is 6.70. The fourth-order valence-electron chi connectivity index (χ4n) is 2.98. The first-order chi connectivity index (χ1) is 9.21. The first kappa shape index (κ1) is 14.1. The molecule has 2 atom stereocenters. The molecule has 2 unspecified atom stereocenters. The molecule has 0 saturated carbocycles. The van der Waals surface area contributed by atoms with Gasteiger partial charge in [0.15, 0.2) is 5.78 Å². The summed E-state index contributed by atoms with van der Waals surface area (Å²) in [5.41, 5.74) is 0.616. The van der Waals surface area contributed by atoms with Crippen LogP contribution >= 0.6 is 11.3 Å². The Morgan fingerprint density at radius 1 is 1.50 bits per heavy atom. The number of fused-ring (bicyclic) bond motifs is 1. The van der Waals surface area contributed by atoms with Gasteiger partial charge in [0.1, 0.15) is 6.67 Å². The molecule has 2 heterocycles. The number of aliphatic hydroxyl groups is 1. The maximum absolute atomic E-state index is 12.8. The molecule has 2 aliphatic rings. The standard InChI is InChI=1S/C13H19N3O3S/c1-13(2)4-8-11(9(17)5-13)20-12(14-8)16(19)7-15(3)6-10(16)18/h10,18H,4-7H2,1-3H3. The van der Waals surface area contributed by atoms with Crippen LogP contribution < -0.4 is 4.65 Å². The summed E-state index contributed by atoms with van der Waals surface area (Å²) in [7, 11) is 1.79. The van der Waals surface area contributed by atoms with E-state index >= 15 is 0 Å². The van der Waals surface area contributed by atoms with Gasteiger partial charge in [0.05, 0.1) is 17.1 Å². The number of nitrogens with zero attached hydrogens (tertiary/aromatic N) is 3. The number of ketones is 1. The van der Waals surface area contributed by atoms with E-state index in [4.69, 9.17) is 0 Å². The molecule has 6 nitrogen and oxygen atoms in total. The molecule has 1 aliphatic heterocycles. The van der Waals surface area contributed by atoms with Crippen molar-refractivity contribution >= 4 is 22.3 Å². The molecule has 1 aromatic rings. The Kier molecular flexibility index (Phi) is 3.04. The summed E-state index contributed by atoms with van der Waals surface area (Å²) in [6.07, 6.45) is 0.162. The smallest absolute Gasteiger partial charge is 0.290 e. The average Bonchev–Trinajstić information content (AvgIpc) is 2.80. The Morgan fingerprint density at radius 2 is 2.20 bits per heavy atom. The molecule has 20 heavy (non-hydrogen) atoms. The van der Waals surface area contributed by atoms with E-state index in [9.17, 15) is 15.1 Å². The number of carbonyl (C=O) groups excluding carboxylic acids is 1. The first-order valence-corrected chi connectivity index (χ1v) is 7.52. The Morgan fingerprint density at radius 3 is 2.80 bits per heavy atom. The zero-order valence-corrected chi connectivity index (χ0v) is 12.7. The third-order valence-electron chi connectivity index (χ3n) is 3.96. The van der Waals surface area contributed by atoms with Crippen molar-refractivity contribution in [2.45, 2.75) is 32.9 Å². The van der Waals surface area contributed by atoms with Crippen LogP contribution in [0.3, 0.4) is 0 Å². The lowest BCUT2D eigenvalue weighted by Gasteiger charge is -2.37. The maximum atomic E-state index is 12.8. The number of quaternary nitrogens is 1. The number of β-amino-alcohol motifs (C(OH)–C–C–N with tert-alkyl or cyclic N) is 1. The molecule has 0 radical (unpaired) electrons. The van der Waals surface area contributed by atoms with Crippen LogP contribution in [-0.2, 0) is 6.42 Å². The highest BCUT2D eigenvalue weighted by atomic mass is 32.1. The molecule has 1 N–H and O–H groups in total. The van der Waals surface area contributed by atoms with Crippen LogP contribution in [0, 0.1) is 10.6 Å². The van der Waals surface area contributed by atoms with Crippen molar-refractivity contribution in [1.29, 1.82) is 0 Å². The van der Waals surface area contributed by atoms with Crippen molar-refractivity contribution in [3.63, 3.8) is 0 Å². The molecule has 3 rings (SSSR count). The van der Waals surface area contributed by atoms with Gasteiger partial charge in [0, 0.05) is 6.42 Å². The molecule has 0 aromatic carbocycles. The largest absolute Gasteiger partial charge is 0.623 e. The lowest BCUT2D eigenvalue weighted by molar-refractivity contribution is 0.0846. The van der Waals surface area contributed by atoms with Gasteiger partial charge in [-0.1, -0.05) is 25.2 Å². The van der Waals surface area contributed by atoms with E-state index in [0.717, 1.165) is 17.0 Å². The summed E-state index contributed by atoms with van der Waals surface area (Å²) in [6, 6.07) is 0. The predicted molar refractivity (Wildman–Crippen MR) is 77.2 cm³/mol. The zero-order valence-electron chi connectivity index (χ0n) is 11.9. The van der Waals surface area contributed by atoms with Gasteiger partial charge in [-0.15, -0.1) is 0 Å². The quantitative estimate of drug-likeness (QED) is 0.625. The molecule has 0 amide bonds. The van der Waals surface area contributed by atoms with Crippen LogP contribution in [-0.4, -0.2) is 47.3 Å². The van der Waals surface area contributed by atoms with Gasteiger partial charge in [-0.25, -0.2) is 0 Å². The highest BCUT2D eigenvalue weighted by Crippen LogP contribution is 2.42. The molecule has 1 aliphatic carbocycles. The molecule has 0 bridgehead atoms. The van der Waals surface area contributed by atoms with E-state index in [1.54, 1.807) is 11.9 Å². The van der Waals surface area contributed by atoms with Crippen LogP contribution in [0.2, 0.25) is 0 Å². The number of aromatic nitrogens is 1. The van der Waals surface area contributed by atoms with Crippen molar-refractivity contribution in [3.05, 3.63) is 15.8 Å². The minimum atomic E-state index is -1.03. The van der Waals surface area contributed by atoms with Gasteiger partial charge in [-0.2, -0.15) is 4.98 Å². The third-order valence-corrected chi connectivity index (χ3v) is 5.21. The van der Waals surface area contributed by atoms with Gasteiger partial charge in [-0.05, 0) is 18.9 Å².